The third kappa shape index (κ3) is 4.35. The number of halogens is 4. The van der Waals surface area contributed by atoms with Gasteiger partial charge in [-0.2, -0.15) is 13.2 Å². The minimum atomic E-state index is -4.63. The van der Waals surface area contributed by atoms with E-state index in [1.54, 1.807) is 22.9 Å². The molecule has 0 atom stereocenters. The van der Waals surface area contributed by atoms with Crippen LogP contribution in [0.3, 0.4) is 0 Å². The van der Waals surface area contributed by atoms with Crippen LogP contribution < -0.4 is 5.32 Å². The first-order valence-corrected chi connectivity index (χ1v) is 6.96. The van der Waals surface area contributed by atoms with Gasteiger partial charge in [0.05, 0.1) is 16.9 Å². The van der Waals surface area contributed by atoms with Crippen molar-refractivity contribution in [3.63, 3.8) is 0 Å². The number of nitrogens with zero attached hydrogens (tertiary/aromatic N) is 1. The highest BCUT2D eigenvalue weighted by atomic mass is 35.5. The second kappa shape index (κ2) is 6.87. The second-order valence-corrected chi connectivity index (χ2v) is 5.17. The first kappa shape index (κ1) is 17.1. The molecule has 0 fully saturated rings. The standard InChI is InChI=1S/C15H12ClF3N2O2/c16-10-3-4-13(12(8-10)15(17,18)19)20-14(23)5-7-21-6-1-2-11(21)9-22/h1-4,6,8-9H,5,7H2,(H,20,23). The van der Waals surface area contributed by atoms with Gasteiger partial charge in [0, 0.05) is 24.2 Å². The maximum absolute atomic E-state index is 12.9. The number of aromatic nitrogens is 1. The minimum absolute atomic E-state index is 0.0710. The largest absolute Gasteiger partial charge is 0.418 e. The Hall–Kier alpha value is -2.28. The first-order valence-electron chi connectivity index (χ1n) is 6.58. The molecule has 0 radical (unpaired) electrons. The minimum Gasteiger partial charge on any atom is -0.345 e. The van der Waals surface area contributed by atoms with Crippen LogP contribution in [0.25, 0.3) is 0 Å². The zero-order chi connectivity index (χ0) is 17.0. The smallest absolute Gasteiger partial charge is 0.345 e. The van der Waals surface area contributed by atoms with E-state index < -0.39 is 17.6 Å². The fourth-order valence-corrected chi connectivity index (χ4v) is 2.20. The van der Waals surface area contributed by atoms with Crippen molar-refractivity contribution in [3.8, 4) is 0 Å². The highest BCUT2D eigenvalue weighted by Crippen LogP contribution is 2.36. The van der Waals surface area contributed by atoms with Gasteiger partial charge < -0.3 is 9.88 Å². The average Bonchev–Trinajstić information content (AvgIpc) is 2.93. The summed E-state index contributed by atoms with van der Waals surface area (Å²) >= 11 is 5.57. The van der Waals surface area contributed by atoms with Gasteiger partial charge in [0.25, 0.3) is 0 Å². The molecule has 0 saturated heterocycles. The Labute approximate surface area is 134 Å². The Morgan fingerprint density at radius 2 is 2.04 bits per heavy atom. The Balaban J connectivity index is 2.07. The Kier molecular flexibility index (Phi) is 5.10. The monoisotopic (exact) mass is 344 g/mol. The molecule has 0 unspecified atom stereocenters. The summed E-state index contributed by atoms with van der Waals surface area (Å²) in [6, 6.07) is 6.35. The maximum Gasteiger partial charge on any atom is 0.418 e. The van der Waals surface area contributed by atoms with Crippen molar-refractivity contribution in [1.29, 1.82) is 0 Å². The van der Waals surface area contributed by atoms with Gasteiger partial charge in [-0.15, -0.1) is 0 Å². The van der Waals surface area contributed by atoms with Crippen molar-refractivity contribution < 1.29 is 22.8 Å². The van der Waals surface area contributed by atoms with Crippen molar-refractivity contribution >= 4 is 29.5 Å². The van der Waals surface area contributed by atoms with Crippen LogP contribution in [0.4, 0.5) is 18.9 Å². The molecule has 1 aromatic heterocycles. The second-order valence-electron chi connectivity index (χ2n) is 4.73. The molecule has 2 aromatic rings. The van der Waals surface area contributed by atoms with Gasteiger partial charge in [-0.25, -0.2) is 0 Å². The highest BCUT2D eigenvalue weighted by Gasteiger charge is 2.34. The van der Waals surface area contributed by atoms with E-state index in [0.717, 1.165) is 12.1 Å². The topological polar surface area (TPSA) is 51.1 Å². The molecule has 23 heavy (non-hydrogen) atoms. The molecule has 0 saturated carbocycles. The zero-order valence-corrected chi connectivity index (χ0v) is 12.5. The summed E-state index contributed by atoms with van der Waals surface area (Å²) in [4.78, 5) is 22.6. The molecular weight excluding hydrogens is 333 g/mol. The third-order valence-electron chi connectivity index (χ3n) is 3.13. The molecule has 1 aromatic carbocycles. The SMILES string of the molecule is O=Cc1cccn1CCC(=O)Nc1ccc(Cl)cc1C(F)(F)F. The Morgan fingerprint density at radius 1 is 1.30 bits per heavy atom. The highest BCUT2D eigenvalue weighted by molar-refractivity contribution is 6.30. The van der Waals surface area contributed by atoms with Crippen LogP contribution in [-0.2, 0) is 17.5 Å². The van der Waals surface area contributed by atoms with E-state index in [9.17, 15) is 22.8 Å². The number of alkyl halides is 3. The molecule has 0 aliphatic carbocycles. The molecule has 0 aliphatic rings. The van der Waals surface area contributed by atoms with Crippen molar-refractivity contribution in [3.05, 3.63) is 52.8 Å². The fourth-order valence-electron chi connectivity index (χ4n) is 2.03. The number of carbonyl (C=O) groups excluding carboxylic acids is 2. The molecule has 0 spiro atoms. The summed E-state index contributed by atoms with van der Waals surface area (Å²) in [6.45, 7) is 0.182. The molecule has 4 nitrogen and oxygen atoms in total. The lowest BCUT2D eigenvalue weighted by Gasteiger charge is -2.14. The number of aldehydes is 1. The number of nitrogens with one attached hydrogen (secondary N) is 1. The predicted octanol–water partition coefficient (Wildman–Crippen LogP) is 4.00. The van der Waals surface area contributed by atoms with Crippen molar-refractivity contribution in [2.24, 2.45) is 0 Å². The average molecular weight is 345 g/mol. The lowest BCUT2D eigenvalue weighted by Crippen LogP contribution is -2.18. The van der Waals surface area contributed by atoms with Gasteiger partial charge in [0.1, 0.15) is 0 Å². The maximum atomic E-state index is 12.9. The summed E-state index contributed by atoms with van der Waals surface area (Å²) in [5.74, 6) is -0.594. The molecule has 1 heterocycles. The third-order valence-corrected chi connectivity index (χ3v) is 3.36. The van der Waals surface area contributed by atoms with Crippen LogP contribution in [0.15, 0.2) is 36.5 Å². The molecule has 0 aliphatic heterocycles. The quantitative estimate of drug-likeness (QED) is 0.833. The van der Waals surface area contributed by atoms with Crippen LogP contribution in [0, 0.1) is 0 Å². The van der Waals surface area contributed by atoms with Gasteiger partial charge in [-0.1, -0.05) is 11.6 Å². The van der Waals surface area contributed by atoms with Crippen molar-refractivity contribution in [2.75, 3.05) is 5.32 Å². The number of aryl methyl sites for hydroxylation is 1. The first-order chi connectivity index (χ1) is 10.8. The van der Waals surface area contributed by atoms with Crippen LogP contribution in [0.2, 0.25) is 5.02 Å². The lowest BCUT2D eigenvalue weighted by atomic mass is 10.1. The summed E-state index contributed by atoms with van der Waals surface area (Å²) < 4.78 is 40.3. The summed E-state index contributed by atoms with van der Waals surface area (Å²) in [6.07, 6.45) is -2.45. The zero-order valence-electron chi connectivity index (χ0n) is 11.7. The number of benzene rings is 1. The molecule has 0 bridgehead atoms. The van der Waals surface area contributed by atoms with Gasteiger partial charge in [-0.3, -0.25) is 9.59 Å². The molecule has 8 heteroatoms. The van der Waals surface area contributed by atoms with Gasteiger partial charge in [-0.05, 0) is 30.3 Å². The number of amides is 1. The summed E-state index contributed by atoms with van der Waals surface area (Å²) in [7, 11) is 0. The van der Waals surface area contributed by atoms with Crippen molar-refractivity contribution in [1.82, 2.24) is 4.57 Å². The fraction of sp³-hybridized carbons (Fsp3) is 0.200. The molecule has 1 N–H and O–H groups in total. The Morgan fingerprint density at radius 3 is 2.70 bits per heavy atom. The number of rotatable bonds is 5. The molecule has 122 valence electrons. The van der Waals surface area contributed by atoms with Gasteiger partial charge >= 0.3 is 6.18 Å². The molecule has 2 rings (SSSR count). The predicted molar refractivity (Wildman–Crippen MR) is 79.5 cm³/mol. The van der Waals surface area contributed by atoms with Crippen LogP contribution >= 0.6 is 11.6 Å². The van der Waals surface area contributed by atoms with E-state index in [4.69, 9.17) is 11.6 Å². The summed E-state index contributed by atoms with van der Waals surface area (Å²) in [5, 5.41) is 2.15. The number of hydrogen-bond donors (Lipinski definition) is 1. The Bertz CT molecular complexity index is 726. The van der Waals surface area contributed by atoms with E-state index in [1.165, 1.54) is 6.07 Å². The van der Waals surface area contributed by atoms with E-state index >= 15 is 0 Å². The van der Waals surface area contributed by atoms with E-state index in [-0.39, 0.29) is 23.7 Å². The van der Waals surface area contributed by atoms with Crippen LogP contribution in [0.1, 0.15) is 22.5 Å². The molecule has 1 amide bonds. The van der Waals surface area contributed by atoms with E-state index in [0.29, 0.717) is 12.0 Å². The number of carbonyl (C=O) groups is 2. The van der Waals surface area contributed by atoms with Crippen LogP contribution in [-0.4, -0.2) is 16.8 Å². The van der Waals surface area contributed by atoms with Crippen LogP contribution in [0.5, 0.6) is 0 Å². The van der Waals surface area contributed by atoms with Gasteiger partial charge in [0.15, 0.2) is 6.29 Å². The van der Waals surface area contributed by atoms with E-state index in [2.05, 4.69) is 5.32 Å². The van der Waals surface area contributed by atoms with Crippen molar-refractivity contribution in [2.45, 2.75) is 19.1 Å². The number of hydrogen-bond acceptors (Lipinski definition) is 2. The summed E-state index contributed by atoms with van der Waals surface area (Å²) in [5.41, 5.74) is -0.969. The molecular formula is C15H12ClF3N2O2. The normalized spacial score (nSPS) is 11.3. The van der Waals surface area contributed by atoms with E-state index in [1.807, 2.05) is 0 Å². The lowest BCUT2D eigenvalue weighted by molar-refractivity contribution is -0.137. The number of anilines is 1. The van der Waals surface area contributed by atoms with Gasteiger partial charge in [0.2, 0.25) is 5.91 Å².